The molecule has 1 aliphatic rings. The number of nitrogens with one attached hydrogen (secondary N) is 2. The van der Waals surface area contributed by atoms with Crippen LogP contribution in [0.1, 0.15) is 23.6 Å². The molecule has 9 heteroatoms. The largest absolute Gasteiger partial charge is 0.329 e. The van der Waals surface area contributed by atoms with Crippen molar-refractivity contribution in [3.63, 3.8) is 0 Å². The van der Waals surface area contributed by atoms with Crippen LogP contribution in [0.15, 0.2) is 82.7 Å². The van der Waals surface area contributed by atoms with E-state index >= 15 is 0 Å². The second-order valence-corrected chi connectivity index (χ2v) is 9.27. The standard InChI is InChI=1S/C29H24F2N4O3/c1-16(13-17-7-10-22(30)23(31)14-17)27(36)34-26-29(38)35(2)24-6-4-3-5-21(24)25(33-26)19-8-9-20-18(15-19)11-12-32-28(20)37/h3-12,14-16,26H,13H2,1-2H3,(H,32,37)(H,34,36)/t16-,26?/m0/s1. The summed E-state index contributed by atoms with van der Waals surface area (Å²) in [5.41, 5.74) is 2.71. The van der Waals surface area contributed by atoms with E-state index in [1.165, 1.54) is 11.0 Å². The van der Waals surface area contributed by atoms with Gasteiger partial charge in [-0.15, -0.1) is 0 Å². The zero-order chi connectivity index (χ0) is 27.0. The second kappa shape index (κ2) is 10.0. The molecule has 0 spiro atoms. The summed E-state index contributed by atoms with van der Waals surface area (Å²) in [4.78, 5) is 47.5. The van der Waals surface area contributed by atoms with Crippen molar-refractivity contribution in [2.24, 2.45) is 10.9 Å². The fraction of sp³-hybridized carbons (Fsp3) is 0.172. The van der Waals surface area contributed by atoms with Crippen LogP contribution in [0.3, 0.4) is 0 Å². The van der Waals surface area contributed by atoms with Gasteiger partial charge in [0.25, 0.3) is 11.5 Å². The molecule has 3 aromatic carbocycles. The number of pyridine rings is 1. The lowest BCUT2D eigenvalue weighted by Crippen LogP contribution is -2.47. The van der Waals surface area contributed by atoms with Crippen LogP contribution in [0.2, 0.25) is 0 Å². The van der Waals surface area contributed by atoms with Crippen molar-refractivity contribution in [3.05, 3.63) is 112 Å². The number of hydrogen-bond acceptors (Lipinski definition) is 4. The lowest BCUT2D eigenvalue weighted by molar-refractivity contribution is -0.129. The lowest BCUT2D eigenvalue weighted by atomic mass is 9.98. The number of benzodiazepines with no additional fused rings is 1. The molecule has 2 N–H and O–H groups in total. The number of carbonyl (C=O) groups is 2. The van der Waals surface area contributed by atoms with Crippen LogP contribution in [0, 0.1) is 17.6 Å². The number of likely N-dealkylation sites (N-methyl/N-ethyl adjacent to an activating group) is 1. The van der Waals surface area contributed by atoms with E-state index in [9.17, 15) is 23.2 Å². The molecular formula is C29H24F2N4O3. The Kier molecular flexibility index (Phi) is 6.59. The third kappa shape index (κ3) is 4.70. The normalized spacial score (nSPS) is 16.0. The van der Waals surface area contributed by atoms with Gasteiger partial charge in [-0.2, -0.15) is 0 Å². The first-order valence-electron chi connectivity index (χ1n) is 12.0. The van der Waals surface area contributed by atoms with Gasteiger partial charge in [0.1, 0.15) is 0 Å². The molecule has 0 bridgehead atoms. The number of fused-ring (bicyclic) bond motifs is 2. The van der Waals surface area contributed by atoms with Crippen LogP contribution >= 0.6 is 0 Å². The van der Waals surface area contributed by atoms with Gasteiger partial charge in [0, 0.05) is 35.7 Å². The fourth-order valence-electron chi connectivity index (χ4n) is 4.58. The van der Waals surface area contributed by atoms with Gasteiger partial charge in [-0.1, -0.05) is 37.3 Å². The van der Waals surface area contributed by atoms with Crippen molar-refractivity contribution in [1.29, 1.82) is 0 Å². The van der Waals surface area contributed by atoms with Gasteiger partial charge < -0.3 is 15.2 Å². The highest BCUT2D eigenvalue weighted by Crippen LogP contribution is 2.28. The molecule has 0 saturated carbocycles. The Morgan fingerprint density at radius 2 is 1.84 bits per heavy atom. The lowest BCUT2D eigenvalue weighted by Gasteiger charge is -2.22. The van der Waals surface area contributed by atoms with Crippen molar-refractivity contribution < 1.29 is 18.4 Å². The third-order valence-electron chi connectivity index (χ3n) is 6.64. The average Bonchev–Trinajstić information content (AvgIpc) is 3.01. The van der Waals surface area contributed by atoms with E-state index < -0.39 is 35.5 Å². The van der Waals surface area contributed by atoms with Gasteiger partial charge in [-0.05, 0) is 53.8 Å². The number of rotatable bonds is 5. The van der Waals surface area contributed by atoms with E-state index in [1.54, 1.807) is 44.4 Å². The Bertz CT molecular complexity index is 1660. The highest BCUT2D eigenvalue weighted by atomic mass is 19.2. The molecule has 7 nitrogen and oxygen atoms in total. The number of amides is 2. The van der Waals surface area contributed by atoms with Gasteiger partial charge >= 0.3 is 0 Å². The quantitative estimate of drug-likeness (QED) is 0.423. The maximum Gasteiger partial charge on any atom is 0.272 e. The van der Waals surface area contributed by atoms with Crippen LogP contribution < -0.4 is 15.8 Å². The summed E-state index contributed by atoms with van der Waals surface area (Å²) in [6.45, 7) is 1.64. The summed E-state index contributed by atoms with van der Waals surface area (Å²) < 4.78 is 26.9. The van der Waals surface area contributed by atoms with Crippen LogP contribution in [0.5, 0.6) is 0 Å². The van der Waals surface area contributed by atoms with E-state index in [4.69, 9.17) is 4.99 Å². The van der Waals surface area contributed by atoms with Crippen molar-refractivity contribution in [2.75, 3.05) is 11.9 Å². The van der Waals surface area contributed by atoms with E-state index in [-0.39, 0.29) is 12.0 Å². The van der Waals surface area contributed by atoms with Crippen LogP contribution in [-0.4, -0.2) is 35.7 Å². The zero-order valence-corrected chi connectivity index (χ0v) is 20.7. The Morgan fingerprint density at radius 3 is 2.63 bits per heavy atom. The molecule has 38 heavy (non-hydrogen) atoms. The number of carbonyl (C=O) groups excluding carboxylic acids is 2. The minimum Gasteiger partial charge on any atom is -0.329 e. The molecule has 4 aromatic rings. The second-order valence-electron chi connectivity index (χ2n) is 9.27. The first-order valence-corrected chi connectivity index (χ1v) is 12.0. The summed E-state index contributed by atoms with van der Waals surface area (Å²) in [7, 11) is 1.61. The smallest absolute Gasteiger partial charge is 0.272 e. The topological polar surface area (TPSA) is 94.6 Å². The van der Waals surface area contributed by atoms with Crippen molar-refractivity contribution in [1.82, 2.24) is 10.3 Å². The highest BCUT2D eigenvalue weighted by Gasteiger charge is 2.32. The van der Waals surface area contributed by atoms with Crippen molar-refractivity contribution >= 4 is 34.0 Å². The van der Waals surface area contributed by atoms with E-state index in [0.29, 0.717) is 38.9 Å². The Morgan fingerprint density at radius 1 is 1.05 bits per heavy atom. The van der Waals surface area contributed by atoms with Crippen LogP contribution in [0.25, 0.3) is 10.8 Å². The summed E-state index contributed by atoms with van der Waals surface area (Å²) in [5, 5.41) is 3.95. The number of H-pyrrole nitrogens is 1. The summed E-state index contributed by atoms with van der Waals surface area (Å²) >= 11 is 0. The SMILES string of the molecule is C[C@@H](Cc1ccc(F)c(F)c1)C(=O)NC1N=C(c2ccc3c(=O)[nH]ccc3c2)c2ccccc2N(C)C1=O. The number of hydrogen-bond donors (Lipinski definition) is 2. The number of halogens is 2. The number of aromatic nitrogens is 1. The predicted molar refractivity (Wildman–Crippen MR) is 141 cm³/mol. The molecule has 0 saturated heterocycles. The number of aromatic amines is 1. The predicted octanol–water partition coefficient (Wildman–Crippen LogP) is 3.94. The number of para-hydroxylation sites is 1. The minimum atomic E-state index is -1.22. The van der Waals surface area contributed by atoms with Gasteiger partial charge in [0.15, 0.2) is 11.6 Å². The maximum atomic E-state index is 13.6. The Labute approximate surface area is 216 Å². The van der Waals surface area contributed by atoms with Gasteiger partial charge in [0.2, 0.25) is 12.1 Å². The number of aliphatic imine (C=N–C) groups is 1. The summed E-state index contributed by atoms with van der Waals surface area (Å²) in [6.07, 6.45) is 0.485. The molecule has 192 valence electrons. The molecule has 1 unspecified atom stereocenters. The molecule has 0 aliphatic carbocycles. The third-order valence-corrected chi connectivity index (χ3v) is 6.64. The van der Waals surface area contributed by atoms with Crippen LogP contribution in [-0.2, 0) is 16.0 Å². The molecule has 2 amide bonds. The van der Waals surface area contributed by atoms with E-state index in [1.807, 2.05) is 24.3 Å². The molecular weight excluding hydrogens is 490 g/mol. The Hall–Kier alpha value is -4.66. The molecule has 1 aromatic heterocycles. The Balaban J connectivity index is 1.51. The van der Waals surface area contributed by atoms with E-state index in [0.717, 1.165) is 12.1 Å². The fourth-order valence-corrected chi connectivity index (χ4v) is 4.58. The summed E-state index contributed by atoms with van der Waals surface area (Å²) in [6, 6.07) is 17.8. The minimum absolute atomic E-state index is 0.149. The molecule has 2 heterocycles. The first-order chi connectivity index (χ1) is 18.2. The average molecular weight is 515 g/mol. The number of nitrogens with zero attached hydrogens (tertiary/aromatic N) is 2. The molecule has 1 aliphatic heterocycles. The van der Waals surface area contributed by atoms with E-state index in [2.05, 4.69) is 10.3 Å². The molecule has 0 radical (unpaired) electrons. The van der Waals surface area contributed by atoms with Gasteiger partial charge in [0.05, 0.1) is 11.4 Å². The highest BCUT2D eigenvalue weighted by molar-refractivity contribution is 6.21. The zero-order valence-electron chi connectivity index (χ0n) is 20.7. The number of benzene rings is 3. The van der Waals surface area contributed by atoms with Gasteiger partial charge in [-0.25, -0.2) is 13.8 Å². The summed E-state index contributed by atoms with van der Waals surface area (Å²) in [5.74, 6) is -3.48. The first kappa shape index (κ1) is 25.0. The molecule has 0 fully saturated rings. The van der Waals surface area contributed by atoms with Crippen LogP contribution in [0.4, 0.5) is 14.5 Å². The molecule has 2 atom stereocenters. The van der Waals surface area contributed by atoms with Crippen molar-refractivity contribution in [2.45, 2.75) is 19.5 Å². The maximum absolute atomic E-state index is 13.6. The van der Waals surface area contributed by atoms with Gasteiger partial charge in [-0.3, -0.25) is 14.4 Å². The number of anilines is 1. The monoisotopic (exact) mass is 514 g/mol. The van der Waals surface area contributed by atoms with Crippen molar-refractivity contribution in [3.8, 4) is 0 Å². The molecule has 5 rings (SSSR count).